The monoisotopic (exact) mass is 259 g/mol. The van der Waals surface area contributed by atoms with Crippen molar-refractivity contribution < 1.29 is 4.79 Å². The van der Waals surface area contributed by atoms with Crippen molar-refractivity contribution in [2.24, 2.45) is 0 Å². The highest BCUT2D eigenvalue weighted by Gasteiger charge is 2.28. The third-order valence-electron chi connectivity index (χ3n) is 3.12. The third-order valence-corrected chi connectivity index (χ3v) is 3.82. The Labute approximate surface area is 109 Å². The number of amides is 1. The normalized spacial score (nSPS) is 21.5. The minimum Gasteiger partial charge on any atom is -0.347 e. The summed E-state index contributed by atoms with van der Waals surface area (Å²) in [6, 6.07) is 0.0352. The fraction of sp³-hybridized carbons (Fsp3) is 0.917. The fourth-order valence-electron chi connectivity index (χ4n) is 2.12. The standard InChI is InChI=1S/C12H25N3OS/c1-14(2)12(16)11-10-13-6-8-15(11)7-4-5-9-17-3/h11,13H,4-10H2,1-3H3. The van der Waals surface area contributed by atoms with Crippen molar-refractivity contribution in [3.8, 4) is 0 Å². The van der Waals surface area contributed by atoms with Gasteiger partial charge in [-0.1, -0.05) is 0 Å². The van der Waals surface area contributed by atoms with Crippen molar-refractivity contribution in [1.29, 1.82) is 0 Å². The number of rotatable bonds is 6. The van der Waals surface area contributed by atoms with Crippen molar-refractivity contribution in [2.75, 3.05) is 52.3 Å². The number of nitrogens with zero attached hydrogens (tertiary/aromatic N) is 2. The van der Waals surface area contributed by atoms with Gasteiger partial charge in [0.05, 0.1) is 0 Å². The highest BCUT2D eigenvalue weighted by Crippen LogP contribution is 2.09. The van der Waals surface area contributed by atoms with Crippen molar-refractivity contribution in [2.45, 2.75) is 18.9 Å². The lowest BCUT2D eigenvalue weighted by molar-refractivity contribution is -0.135. The third kappa shape index (κ3) is 4.85. The Morgan fingerprint density at radius 1 is 1.47 bits per heavy atom. The van der Waals surface area contributed by atoms with E-state index in [-0.39, 0.29) is 11.9 Å². The van der Waals surface area contributed by atoms with Crippen molar-refractivity contribution in [3.05, 3.63) is 0 Å². The second kappa shape index (κ2) is 7.95. The quantitative estimate of drug-likeness (QED) is 0.704. The summed E-state index contributed by atoms with van der Waals surface area (Å²) in [7, 11) is 3.67. The van der Waals surface area contributed by atoms with E-state index < -0.39 is 0 Å². The SMILES string of the molecule is CSCCCCN1CCNCC1C(=O)N(C)C. The number of carbonyl (C=O) groups excluding carboxylic acids is 1. The van der Waals surface area contributed by atoms with E-state index in [1.54, 1.807) is 4.90 Å². The van der Waals surface area contributed by atoms with Gasteiger partial charge in [0.25, 0.3) is 0 Å². The van der Waals surface area contributed by atoms with Gasteiger partial charge >= 0.3 is 0 Å². The maximum atomic E-state index is 12.0. The molecule has 4 nitrogen and oxygen atoms in total. The maximum absolute atomic E-state index is 12.0. The van der Waals surface area contributed by atoms with Crippen LogP contribution in [0.5, 0.6) is 0 Å². The zero-order valence-corrected chi connectivity index (χ0v) is 12.1. The van der Waals surface area contributed by atoms with Crippen LogP contribution in [-0.2, 0) is 4.79 Å². The Hall–Kier alpha value is -0.260. The second-order valence-corrected chi connectivity index (χ2v) is 5.67. The molecule has 100 valence electrons. The van der Waals surface area contributed by atoms with Crippen LogP contribution in [0.3, 0.4) is 0 Å². The zero-order chi connectivity index (χ0) is 12.7. The molecule has 0 aromatic rings. The zero-order valence-electron chi connectivity index (χ0n) is 11.2. The molecule has 1 unspecified atom stereocenters. The van der Waals surface area contributed by atoms with Gasteiger partial charge in [-0.05, 0) is 31.4 Å². The molecule has 0 radical (unpaired) electrons. The molecule has 17 heavy (non-hydrogen) atoms. The van der Waals surface area contributed by atoms with Crippen LogP contribution in [0.2, 0.25) is 0 Å². The van der Waals surface area contributed by atoms with Crippen LogP contribution in [0.4, 0.5) is 0 Å². The van der Waals surface area contributed by atoms with Gasteiger partial charge in [-0.2, -0.15) is 11.8 Å². The molecule has 0 bridgehead atoms. The molecule has 1 aliphatic heterocycles. The van der Waals surface area contributed by atoms with Crippen LogP contribution in [0.25, 0.3) is 0 Å². The first-order chi connectivity index (χ1) is 8.16. The molecule has 0 aliphatic carbocycles. The van der Waals surface area contributed by atoms with E-state index in [0.717, 1.165) is 26.2 Å². The van der Waals surface area contributed by atoms with E-state index in [0.29, 0.717) is 0 Å². The van der Waals surface area contributed by atoms with Gasteiger partial charge in [-0.3, -0.25) is 9.69 Å². The summed E-state index contributed by atoms with van der Waals surface area (Å²) < 4.78 is 0. The van der Waals surface area contributed by atoms with E-state index in [2.05, 4.69) is 16.5 Å². The first-order valence-electron chi connectivity index (χ1n) is 6.31. The summed E-state index contributed by atoms with van der Waals surface area (Å²) in [5, 5.41) is 3.31. The van der Waals surface area contributed by atoms with Gasteiger partial charge in [0.15, 0.2) is 0 Å². The summed E-state index contributed by atoms with van der Waals surface area (Å²) in [5.41, 5.74) is 0. The molecule has 1 fully saturated rings. The highest BCUT2D eigenvalue weighted by molar-refractivity contribution is 7.98. The summed E-state index contributed by atoms with van der Waals surface area (Å²) >= 11 is 1.89. The van der Waals surface area contributed by atoms with Gasteiger partial charge in [0, 0.05) is 33.7 Å². The van der Waals surface area contributed by atoms with Crippen molar-refractivity contribution >= 4 is 17.7 Å². The minimum atomic E-state index is 0.0352. The van der Waals surface area contributed by atoms with Crippen LogP contribution in [-0.4, -0.2) is 74.0 Å². The predicted octanol–water partition coefficient (Wildman–Crippen LogP) is 0.492. The number of piperazine rings is 1. The van der Waals surface area contributed by atoms with Crippen molar-refractivity contribution in [3.63, 3.8) is 0 Å². The van der Waals surface area contributed by atoms with Gasteiger partial charge < -0.3 is 10.2 Å². The van der Waals surface area contributed by atoms with Gasteiger partial charge in [0.1, 0.15) is 6.04 Å². The summed E-state index contributed by atoms with van der Waals surface area (Å²) in [5.74, 6) is 1.44. The molecule has 1 rings (SSSR count). The molecule has 1 aliphatic rings. The number of nitrogens with one attached hydrogen (secondary N) is 1. The average molecular weight is 259 g/mol. The molecule has 5 heteroatoms. The van der Waals surface area contributed by atoms with Crippen LogP contribution in [0.15, 0.2) is 0 Å². The first-order valence-corrected chi connectivity index (χ1v) is 7.71. The van der Waals surface area contributed by atoms with E-state index >= 15 is 0 Å². The molecule has 0 aromatic carbocycles. The molecule has 1 amide bonds. The van der Waals surface area contributed by atoms with Gasteiger partial charge in [0.2, 0.25) is 5.91 Å². The number of likely N-dealkylation sites (N-methyl/N-ethyl adjacent to an activating group) is 1. The average Bonchev–Trinajstić information content (AvgIpc) is 2.34. The van der Waals surface area contributed by atoms with E-state index in [1.807, 2.05) is 25.9 Å². The number of carbonyl (C=O) groups is 1. The number of hydrogen-bond donors (Lipinski definition) is 1. The highest BCUT2D eigenvalue weighted by atomic mass is 32.2. The largest absolute Gasteiger partial charge is 0.347 e. The van der Waals surface area contributed by atoms with Crippen LogP contribution in [0.1, 0.15) is 12.8 Å². The van der Waals surface area contributed by atoms with Crippen LogP contribution in [0, 0.1) is 0 Å². The lowest BCUT2D eigenvalue weighted by Crippen LogP contribution is -2.57. The van der Waals surface area contributed by atoms with Crippen LogP contribution >= 0.6 is 11.8 Å². The molecule has 1 saturated heterocycles. The van der Waals surface area contributed by atoms with E-state index in [4.69, 9.17) is 0 Å². The molecule has 0 aromatic heterocycles. The van der Waals surface area contributed by atoms with Crippen molar-refractivity contribution in [1.82, 2.24) is 15.1 Å². The lowest BCUT2D eigenvalue weighted by atomic mass is 10.1. The first kappa shape index (κ1) is 14.8. The Balaban J connectivity index is 2.40. The lowest BCUT2D eigenvalue weighted by Gasteiger charge is -2.36. The second-order valence-electron chi connectivity index (χ2n) is 4.69. The Bertz CT molecular complexity index is 236. The van der Waals surface area contributed by atoms with Gasteiger partial charge in [-0.25, -0.2) is 0 Å². The number of unbranched alkanes of at least 4 members (excludes halogenated alkanes) is 1. The molecular formula is C12H25N3OS. The Kier molecular flexibility index (Phi) is 6.92. The fourth-order valence-corrected chi connectivity index (χ4v) is 2.61. The molecule has 0 spiro atoms. The van der Waals surface area contributed by atoms with Crippen LogP contribution < -0.4 is 5.32 Å². The predicted molar refractivity (Wildman–Crippen MR) is 74.5 cm³/mol. The minimum absolute atomic E-state index is 0.0352. The molecule has 1 N–H and O–H groups in total. The van der Waals surface area contributed by atoms with Gasteiger partial charge in [-0.15, -0.1) is 0 Å². The molecule has 1 atom stereocenters. The summed E-state index contributed by atoms with van der Waals surface area (Å²) in [6.45, 7) is 3.83. The number of hydrogen-bond acceptors (Lipinski definition) is 4. The van der Waals surface area contributed by atoms with E-state index in [1.165, 1.54) is 18.6 Å². The Morgan fingerprint density at radius 3 is 2.88 bits per heavy atom. The summed E-state index contributed by atoms with van der Waals surface area (Å²) in [6.07, 6.45) is 4.58. The Morgan fingerprint density at radius 2 is 2.24 bits per heavy atom. The molecular weight excluding hydrogens is 234 g/mol. The smallest absolute Gasteiger partial charge is 0.240 e. The molecule has 0 saturated carbocycles. The number of thioether (sulfide) groups is 1. The summed E-state index contributed by atoms with van der Waals surface area (Å²) in [4.78, 5) is 16.1. The maximum Gasteiger partial charge on any atom is 0.240 e. The molecule has 1 heterocycles. The topological polar surface area (TPSA) is 35.6 Å². The van der Waals surface area contributed by atoms with E-state index in [9.17, 15) is 4.79 Å².